The van der Waals surface area contributed by atoms with Gasteiger partial charge in [-0.05, 0) is 47.5 Å². The van der Waals surface area contributed by atoms with E-state index in [-0.39, 0.29) is 23.4 Å². The molecule has 1 atom stereocenters. The van der Waals surface area contributed by atoms with Gasteiger partial charge < -0.3 is 10.0 Å². The zero-order chi connectivity index (χ0) is 20.4. The Bertz CT molecular complexity index is 1080. The molecule has 1 amide bonds. The van der Waals surface area contributed by atoms with E-state index in [0.717, 1.165) is 5.56 Å². The lowest BCUT2D eigenvalue weighted by molar-refractivity contribution is -0.140. The molecule has 1 saturated heterocycles. The third-order valence-electron chi connectivity index (χ3n) is 4.88. The Kier molecular flexibility index (Phi) is 4.91. The topological polar surface area (TPSA) is 70.5 Å². The highest BCUT2D eigenvalue weighted by molar-refractivity contribution is 6.46. The lowest BCUT2D eigenvalue weighted by Gasteiger charge is -2.25. The van der Waals surface area contributed by atoms with Crippen LogP contribution in [-0.2, 0) is 16.1 Å². The molecule has 3 aromatic rings. The van der Waals surface area contributed by atoms with E-state index < -0.39 is 23.5 Å². The normalized spacial score (nSPS) is 18.2. The number of hydrogen-bond acceptors (Lipinski definition) is 4. The minimum Gasteiger partial charge on any atom is -0.507 e. The molecule has 0 radical (unpaired) electrons. The summed E-state index contributed by atoms with van der Waals surface area (Å²) < 4.78 is 13.3. The van der Waals surface area contributed by atoms with Crippen molar-refractivity contribution in [1.29, 1.82) is 0 Å². The summed E-state index contributed by atoms with van der Waals surface area (Å²) in [6.07, 6.45) is 3.13. The maximum Gasteiger partial charge on any atom is 0.295 e. The van der Waals surface area contributed by atoms with Crippen LogP contribution in [0.1, 0.15) is 22.7 Å². The van der Waals surface area contributed by atoms with Crippen molar-refractivity contribution in [3.63, 3.8) is 0 Å². The van der Waals surface area contributed by atoms with Gasteiger partial charge in [0.05, 0.1) is 11.6 Å². The lowest BCUT2D eigenvalue weighted by atomic mass is 9.96. The molecule has 1 aromatic heterocycles. The van der Waals surface area contributed by atoms with Crippen LogP contribution in [0.2, 0.25) is 0 Å². The van der Waals surface area contributed by atoms with E-state index >= 15 is 0 Å². The number of aromatic nitrogens is 1. The Balaban J connectivity index is 1.85. The predicted molar refractivity (Wildman–Crippen MR) is 105 cm³/mol. The third-order valence-corrected chi connectivity index (χ3v) is 4.88. The number of rotatable bonds is 4. The van der Waals surface area contributed by atoms with Crippen molar-refractivity contribution < 1.29 is 19.1 Å². The molecule has 1 aliphatic rings. The van der Waals surface area contributed by atoms with Gasteiger partial charge in [0.15, 0.2) is 0 Å². The number of Topliss-reactive ketones (excluding diaryl/α,β-unsaturated/α-hetero) is 1. The first-order valence-electron chi connectivity index (χ1n) is 9.04. The molecule has 1 unspecified atom stereocenters. The molecule has 2 aromatic carbocycles. The van der Waals surface area contributed by atoms with E-state index in [0.29, 0.717) is 5.56 Å². The van der Waals surface area contributed by atoms with Crippen LogP contribution in [0, 0.1) is 5.82 Å². The molecule has 29 heavy (non-hydrogen) atoms. The minimum absolute atomic E-state index is 0.0243. The third kappa shape index (κ3) is 3.52. The standard InChI is InChI=1S/C23H17FN2O3/c24-18-8-6-17(7-9-18)21(27)19-20(16-10-12-25-13-11-16)26(23(29)22(19)28)14-15-4-2-1-3-5-15/h1-13,20,27H,14H2/b21-19+. The SMILES string of the molecule is O=C1C(=O)N(Cc2ccccc2)C(c2ccncc2)/C1=C(\O)c1ccc(F)cc1. The van der Waals surface area contributed by atoms with Gasteiger partial charge in [-0.2, -0.15) is 0 Å². The zero-order valence-electron chi connectivity index (χ0n) is 15.3. The van der Waals surface area contributed by atoms with Gasteiger partial charge in [0, 0.05) is 24.5 Å². The van der Waals surface area contributed by atoms with Crippen LogP contribution in [-0.4, -0.2) is 26.7 Å². The first-order chi connectivity index (χ1) is 14.1. The van der Waals surface area contributed by atoms with Gasteiger partial charge in [-0.25, -0.2) is 4.39 Å². The average Bonchev–Trinajstić information content (AvgIpc) is 3.00. The Hall–Kier alpha value is -3.80. The van der Waals surface area contributed by atoms with Crippen molar-refractivity contribution in [3.8, 4) is 0 Å². The van der Waals surface area contributed by atoms with Crippen molar-refractivity contribution in [3.05, 3.63) is 107 Å². The molecule has 1 fully saturated rings. The number of halogens is 1. The van der Waals surface area contributed by atoms with Crippen molar-refractivity contribution in [2.75, 3.05) is 0 Å². The van der Waals surface area contributed by atoms with Crippen LogP contribution in [0.4, 0.5) is 4.39 Å². The fourth-order valence-electron chi connectivity index (χ4n) is 3.48. The summed E-state index contributed by atoms with van der Waals surface area (Å²) in [6, 6.07) is 17.1. The van der Waals surface area contributed by atoms with Gasteiger partial charge >= 0.3 is 0 Å². The number of ketones is 1. The second-order valence-electron chi connectivity index (χ2n) is 6.70. The highest BCUT2D eigenvalue weighted by Crippen LogP contribution is 2.40. The first kappa shape index (κ1) is 18.6. The monoisotopic (exact) mass is 388 g/mol. The molecule has 144 valence electrons. The van der Waals surface area contributed by atoms with Crippen molar-refractivity contribution >= 4 is 17.4 Å². The van der Waals surface area contributed by atoms with Gasteiger partial charge in [0.1, 0.15) is 11.6 Å². The van der Waals surface area contributed by atoms with E-state index in [4.69, 9.17) is 0 Å². The number of amides is 1. The van der Waals surface area contributed by atoms with E-state index in [1.807, 2.05) is 30.3 Å². The molecule has 2 heterocycles. The average molecular weight is 388 g/mol. The van der Waals surface area contributed by atoms with Crippen molar-refractivity contribution in [2.45, 2.75) is 12.6 Å². The van der Waals surface area contributed by atoms with Gasteiger partial charge in [-0.1, -0.05) is 30.3 Å². The Morgan fingerprint density at radius 2 is 1.62 bits per heavy atom. The number of aliphatic hydroxyl groups excluding tert-OH is 1. The summed E-state index contributed by atoms with van der Waals surface area (Å²) in [5, 5.41) is 10.9. The highest BCUT2D eigenvalue weighted by Gasteiger charge is 2.46. The fraction of sp³-hybridized carbons (Fsp3) is 0.0870. The molecular formula is C23H17FN2O3. The Labute approximate surface area is 166 Å². The van der Waals surface area contributed by atoms with Gasteiger partial charge in [0.25, 0.3) is 11.7 Å². The molecule has 0 aliphatic carbocycles. The second-order valence-corrected chi connectivity index (χ2v) is 6.70. The van der Waals surface area contributed by atoms with E-state index in [9.17, 15) is 19.1 Å². The second kappa shape index (κ2) is 7.67. The van der Waals surface area contributed by atoms with Gasteiger partial charge in [0.2, 0.25) is 0 Å². The number of carbonyl (C=O) groups excluding carboxylic acids is 2. The van der Waals surface area contributed by atoms with Crippen LogP contribution in [0.25, 0.3) is 5.76 Å². The maximum absolute atomic E-state index is 13.3. The largest absolute Gasteiger partial charge is 0.507 e. The fourth-order valence-corrected chi connectivity index (χ4v) is 3.48. The summed E-state index contributed by atoms with van der Waals surface area (Å²) in [6.45, 7) is 0.207. The number of aliphatic hydroxyl groups is 1. The zero-order valence-corrected chi connectivity index (χ0v) is 15.3. The van der Waals surface area contributed by atoms with Crippen LogP contribution in [0.15, 0.2) is 84.7 Å². The molecule has 4 rings (SSSR count). The highest BCUT2D eigenvalue weighted by atomic mass is 19.1. The molecule has 5 nitrogen and oxygen atoms in total. The molecule has 0 spiro atoms. The Morgan fingerprint density at radius 3 is 2.28 bits per heavy atom. The smallest absolute Gasteiger partial charge is 0.295 e. The van der Waals surface area contributed by atoms with Gasteiger partial charge in [-0.15, -0.1) is 0 Å². The molecule has 6 heteroatoms. The van der Waals surface area contributed by atoms with Crippen molar-refractivity contribution in [2.24, 2.45) is 0 Å². The van der Waals surface area contributed by atoms with Crippen LogP contribution in [0.3, 0.4) is 0 Å². The minimum atomic E-state index is -0.775. The van der Waals surface area contributed by atoms with Gasteiger partial charge in [-0.3, -0.25) is 14.6 Å². The van der Waals surface area contributed by atoms with Crippen molar-refractivity contribution in [1.82, 2.24) is 9.88 Å². The first-order valence-corrected chi connectivity index (χ1v) is 9.04. The number of carbonyl (C=O) groups is 2. The summed E-state index contributed by atoms with van der Waals surface area (Å²) in [7, 11) is 0. The van der Waals surface area contributed by atoms with Crippen LogP contribution >= 0.6 is 0 Å². The number of benzene rings is 2. The predicted octanol–water partition coefficient (Wildman–Crippen LogP) is 3.84. The summed E-state index contributed by atoms with van der Waals surface area (Å²) in [5.74, 6) is -2.26. The lowest BCUT2D eigenvalue weighted by Crippen LogP contribution is -2.29. The molecule has 0 bridgehead atoms. The van der Waals surface area contributed by atoms with Crippen LogP contribution in [0.5, 0.6) is 0 Å². The molecule has 1 N–H and O–H groups in total. The summed E-state index contributed by atoms with van der Waals surface area (Å²) in [4.78, 5) is 31.1. The summed E-state index contributed by atoms with van der Waals surface area (Å²) >= 11 is 0. The summed E-state index contributed by atoms with van der Waals surface area (Å²) in [5.41, 5.74) is 1.75. The Morgan fingerprint density at radius 1 is 0.966 bits per heavy atom. The quantitative estimate of drug-likeness (QED) is 0.419. The number of likely N-dealkylation sites (tertiary alicyclic amines) is 1. The molecule has 0 saturated carbocycles. The molecular weight excluding hydrogens is 371 g/mol. The van der Waals surface area contributed by atoms with E-state index in [1.54, 1.807) is 24.5 Å². The number of hydrogen-bond donors (Lipinski definition) is 1. The number of nitrogens with zero attached hydrogens (tertiary/aromatic N) is 2. The number of pyridine rings is 1. The van der Waals surface area contributed by atoms with Crippen LogP contribution < -0.4 is 0 Å². The van der Waals surface area contributed by atoms with E-state index in [1.165, 1.54) is 29.2 Å². The maximum atomic E-state index is 13.3. The van der Waals surface area contributed by atoms with E-state index in [2.05, 4.69) is 4.98 Å². The molecule has 1 aliphatic heterocycles.